The van der Waals surface area contributed by atoms with Crippen molar-refractivity contribution in [3.8, 4) is 11.5 Å². The number of ether oxygens (including phenoxy) is 1. The van der Waals surface area contributed by atoms with Crippen LogP contribution in [0.15, 0.2) is 47.5 Å². The Kier molecular flexibility index (Phi) is 8.17. The van der Waals surface area contributed by atoms with Gasteiger partial charge in [-0.1, -0.05) is 26.0 Å². The number of carbonyl (C=O) groups is 1. The first-order valence-electron chi connectivity index (χ1n) is 12.3. The summed E-state index contributed by atoms with van der Waals surface area (Å²) < 4.78 is 8.64. The zero-order chi connectivity index (χ0) is 25.7. The van der Waals surface area contributed by atoms with Crippen LogP contribution in [0.25, 0.3) is 0 Å². The van der Waals surface area contributed by atoms with Crippen molar-refractivity contribution in [2.24, 2.45) is 5.92 Å². The van der Waals surface area contributed by atoms with E-state index < -0.39 is 23.6 Å². The largest absolute Gasteiger partial charge is 0.455 e. The number of nitrogens with zero attached hydrogens (tertiary/aromatic N) is 4. The summed E-state index contributed by atoms with van der Waals surface area (Å²) in [6.07, 6.45) is 6.75. The van der Waals surface area contributed by atoms with Crippen molar-refractivity contribution < 1.29 is 19.7 Å². The van der Waals surface area contributed by atoms with Gasteiger partial charge in [0.2, 0.25) is 0 Å². The van der Waals surface area contributed by atoms with Crippen LogP contribution in [0.1, 0.15) is 50.3 Å². The number of aryl methyl sites for hydroxylation is 1. The second kappa shape index (κ2) is 11.5. The van der Waals surface area contributed by atoms with E-state index in [9.17, 15) is 14.7 Å². The van der Waals surface area contributed by atoms with Gasteiger partial charge in [0.15, 0.2) is 11.6 Å². The Morgan fingerprint density at radius 3 is 2.78 bits per heavy atom. The van der Waals surface area contributed by atoms with E-state index in [2.05, 4.69) is 21.6 Å². The number of aromatic nitrogens is 4. The molecule has 0 radical (unpaired) electrons. The molecule has 1 aliphatic carbocycles. The molecule has 4 rings (SSSR count). The molecule has 2 aromatic heterocycles. The molecule has 0 saturated heterocycles. The Labute approximate surface area is 209 Å². The van der Waals surface area contributed by atoms with Crippen molar-refractivity contribution >= 4 is 11.7 Å². The number of amides is 1. The van der Waals surface area contributed by atoms with Gasteiger partial charge in [0.25, 0.3) is 11.5 Å². The van der Waals surface area contributed by atoms with Gasteiger partial charge in [-0.05, 0) is 55.2 Å². The maximum atomic E-state index is 13.1. The third-order valence-electron chi connectivity index (χ3n) is 6.17. The molecule has 0 bridgehead atoms. The van der Waals surface area contributed by atoms with Crippen molar-refractivity contribution in [3.63, 3.8) is 0 Å². The smallest absolute Gasteiger partial charge is 0.271 e. The molecule has 0 aliphatic heterocycles. The summed E-state index contributed by atoms with van der Waals surface area (Å²) in [5.74, 6) is 1.06. The van der Waals surface area contributed by atoms with Gasteiger partial charge >= 0.3 is 0 Å². The van der Waals surface area contributed by atoms with Crippen LogP contribution in [0.5, 0.6) is 11.5 Å². The summed E-state index contributed by atoms with van der Waals surface area (Å²) >= 11 is 0. The molecule has 1 amide bonds. The van der Waals surface area contributed by atoms with E-state index in [0.717, 1.165) is 31.4 Å². The lowest BCUT2D eigenvalue weighted by Gasteiger charge is -2.21. The highest BCUT2D eigenvalue weighted by atomic mass is 16.5. The maximum absolute atomic E-state index is 13.1. The predicted molar refractivity (Wildman–Crippen MR) is 134 cm³/mol. The van der Waals surface area contributed by atoms with Crippen molar-refractivity contribution in [3.05, 3.63) is 64.2 Å². The number of hydrogen-bond acceptors (Lipinski definition) is 7. The van der Waals surface area contributed by atoms with E-state index in [1.165, 1.54) is 32.8 Å². The summed E-state index contributed by atoms with van der Waals surface area (Å²) in [4.78, 5) is 26.2. The van der Waals surface area contributed by atoms with Crippen molar-refractivity contribution in [2.75, 3.05) is 11.9 Å². The van der Waals surface area contributed by atoms with Crippen molar-refractivity contribution in [1.82, 2.24) is 19.6 Å². The molecule has 1 aliphatic rings. The van der Waals surface area contributed by atoms with Crippen LogP contribution in [-0.2, 0) is 24.2 Å². The number of hydrogen-bond donors (Lipinski definition) is 3. The first kappa shape index (κ1) is 25.6. The average Bonchev–Trinajstić information content (AvgIpc) is 3.29. The van der Waals surface area contributed by atoms with Crippen LogP contribution < -0.4 is 15.6 Å². The molecule has 0 spiro atoms. The Morgan fingerprint density at radius 2 is 2.03 bits per heavy atom. The number of benzene rings is 1. The van der Waals surface area contributed by atoms with Crippen LogP contribution in [0.2, 0.25) is 0 Å². The van der Waals surface area contributed by atoms with E-state index in [-0.39, 0.29) is 24.9 Å². The Balaban J connectivity index is 1.52. The van der Waals surface area contributed by atoms with Crippen LogP contribution in [-0.4, -0.2) is 48.4 Å². The van der Waals surface area contributed by atoms with Crippen LogP contribution in [0.4, 0.5) is 5.82 Å². The first-order valence-corrected chi connectivity index (χ1v) is 12.3. The van der Waals surface area contributed by atoms with Crippen LogP contribution >= 0.6 is 0 Å². The van der Waals surface area contributed by atoms with Gasteiger partial charge in [0.05, 0.1) is 25.5 Å². The number of carbonyl (C=O) groups excluding carboxylic acids is 1. The van der Waals surface area contributed by atoms with Crippen molar-refractivity contribution in [2.45, 2.75) is 64.6 Å². The molecule has 2 atom stereocenters. The zero-order valence-corrected chi connectivity index (χ0v) is 20.6. The van der Waals surface area contributed by atoms with E-state index in [0.29, 0.717) is 12.2 Å². The molecule has 10 heteroatoms. The highest BCUT2D eigenvalue weighted by molar-refractivity contribution is 5.92. The minimum Gasteiger partial charge on any atom is -0.455 e. The maximum Gasteiger partial charge on any atom is 0.271 e. The molecular formula is C26H33N5O5. The van der Waals surface area contributed by atoms with Gasteiger partial charge in [-0.25, -0.2) is 4.68 Å². The van der Waals surface area contributed by atoms with Gasteiger partial charge in [-0.15, -0.1) is 0 Å². The number of fused-ring (bicyclic) bond motifs is 1. The molecular weight excluding hydrogens is 462 g/mol. The van der Waals surface area contributed by atoms with E-state index >= 15 is 0 Å². The first-order chi connectivity index (χ1) is 17.3. The van der Waals surface area contributed by atoms with E-state index in [1.807, 2.05) is 26.0 Å². The summed E-state index contributed by atoms with van der Waals surface area (Å²) in [6, 6.07) is 8.09. The molecule has 2 heterocycles. The molecule has 36 heavy (non-hydrogen) atoms. The normalized spacial score (nSPS) is 14.8. The predicted octanol–water partition coefficient (Wildman–Crippen LogP) is 2.69. The molecule has 192 valence electrons. The van der Waals surface area contributed by atoms with Gasteiger partial charge in [-0.3, -0.25) is 14.3 Å². The lowest BCUT2D eigenvalue weighted by atomic mass is 9.91. The number of nitrogens with one attached hydrogen (secondary N) is 1. The van der Waals surface area contributed by atoms with Gasteiger partial charge < -0.3 is 20.3 Å². The second-order valence-corrected chi connectivity index (χ2v) is 9.57. The fraction of sp³-hybridized carbons (Fsp3) is 0.462. The fourth-order valence-corrected chi connectivity index (χ4v) is 4.44. The SMILES string of the molecule is CC(C)C[C@H](C(=O)Nc1ccn(C[C@@H](O)CO)n1)n1ncc(Oc2cccc3c2CCCC3)cc1=O. The van der Waals surface area contributed by atoms with Gasteiger partial charge in [0.1, 0.15) is 11.8 Å². The summed E-state index contributed by atoms with van der Waals surface area (Å²) in [6.45, 7) is 3.63. The number of rotatable bonds is 10. The van der Waals surface area contributed by atoms with Gasteiger partial charge in [0, 0.05) is 18.3 Å². The minimum atomic E-state index is -0.952. The minimum absolute atomic E-state index is 0.0922. The lowest BCUT2D eigenvalue weighted by Crippen LogP contribution is -2.35. The molecule has 0 saturated carbocycles. The van der Waals surface area contributed by atoms with E-state index in [4.69, 9.17) is 9.84 Å². The molecule has 0 unspecified atom stereocenters. The van der Waals surface area contributed by atoms with Crippen LogP contribution in [0, 0.1) is 5.92 Å². The fourth-order valence-electron chi connectivity index (χ4n) is 4.44. The van der Waals surface area contributed by atoms with Gasteiger partial charge in [-0.2, -0.15) is 10.2 Å². The summed E-state index contributed by atoms with van der Waals surface area (Å²) in [7, 11) is 0. The number of anilines is 1. The summed E-state index contributed by atoms with van der Waals surface area (Å²) in [5.41, 5.74) is 2.02. The number of aliphatic hydroxyl groups excluding tert-OH is 2. The Morgan fingerprint density at radius 1 is 1.22 bits per heavy atom. The lowest BCUT2D eigenvalue weighted by molar-refractivity contribution is -0.120. The molecule has 3 aromatic rings. The number of aliphatic hydroxyl groups is 2. The Bertz CT molecular complexity index is 1250. The monoisotopic (exact) mass is 495 g/mol. The third kappa shape index (κ3) is 6.19. The third-order valence-corrected chi connectivity index (χ3v) is 6.17. The molecule has 0 fully saturated rings. The summed E-state index contributed by atoms with van der Waals surface area (Å²) in [5, 5.41) is 29.8. The van der Waals surface area contributed by atoms with Crippen LogP contribution in [0.3, 0.4) is 0 Å². The molecule has 3 N–H and O–H groups in total. The quantitative estimate of drug-likeness (QED) is 0.394. The topological polar surface area (TPSA) is 132 Å². The highest BCUT2D eigenvalue weighted by Crippen LogP contribution is 2.32. The molecule has 10 nitrogen and oxygen atoms in total. The van der Waals surface area contributed by atoms with Crippen molar-refractivity contribution in [1.29, 1.82) is 0 Å². The highest BCUT2D eigenvalue weighted by Gasteiger charge is 2.25. The standard InChI is InChI=1S/C26H33N5O5/c1-17(2)12-22(26(35)28-24-10-11-30(29-24)15-19(33)16-32)31-25(34)13-20(14-27-31)36-23-9-5-7-18-6-3-4-8-21(18)23/h5,7,9-11,13-14,17,19,22,32-33H,3-4,6,8,12,15-16H2,1-2H3,(H,28,29,35)/t19-,22-/m1/s1. The van der Waals surface area contributed by atoms with E-state index in [1.54, 1.807) is 12.3 Å². The second-order valence-electron chi connectivity index (χ2n) is 9.57. The average molecular weight is 496 g/mol. The molecule has 1 aromatic carbocycles. The zero-order valence-electron chi connectivity index (χ0n) is 20.6. The Hall–Kier alpha value is -3.50.